The summed E-state index contributed by atoms with van der Waals surface area (Å²) in [5, 5.41) is 3.17. The van der Waals surface area contributed by atoms with Crippen molar-refractivity contribution >= 4 is 5.91 Å². The highest BCUT2D eigenvalue weighted by atomic mass is 16.5. The molecule has 0 aliphatic carbocycles. The molecule has 14 heavy (non-hydrogen) atoms. The van der Waals surface area contributed by atoms with Crippen LogP contribution in [-0.4, -0.2) is 51.2 Å². The van der Waals surface area contributed by atoms with Crippen LogP contribution in [0.4, 0.5) is 0 Å². The molecule has 0 saturated carbocycles. The maximum absolute atomic E-state index is 11.1. The normalized spacial score (nSPS) is 10.2. The molecule has 0 aromatic rings. The lowest BCUT2D eigenvalue weighted by Crippen LogP contribution is -2.22. The first-order chi connectivity index (χ1) is 6.68. The number of rotatable bonds is 8. The smallest absolute Gasteiger partial charge is 0.222 e. The lowest BCUT2D eigenvalue weighted by molar-refractivity contribution is -0.129. The maximum atomic E-state index is 11.1. The van der Waals surface area contributed by atoms with Crippen LogP contribution in [-0.2, 0) is 9.53 Å². The molecule has 0 saturated heterocycles. The molecular weight excluding hydrogens is 180 g/mol. The van der Waals surface area contributed by atoms with Crippen LogP contribution in [0.2, 0.25) is 0 Å². The first kappa shape index (κ1) is 13.4. The Labute approximate surface area is 86.6 Å². The molecule has 4 heteroatoms. The van der Waals surface area contributed by atoms with Crippen LogP contribution in [0.5, 0.6) is 0 Å². The highest BCUT2D eigenvalue weighted by molar-refractivity contribution is 5.75. The quantitative estimate of drug-likeness (QED) is 0.582. The van der Waals surface area contributed by atoms with Gasteiger partial charge in [0.15, 0.2) is 0 Å². The van der Waals surface area contributed by atoms with E-state index in [1.807, 2.05) is 0 Å². The van der Waals surface area contributed by atoms with Crippen molar-refractivity contribution in [1.82, 2.24) is 10.2 Å². The SMILES string of the molecule is CCNCCOCCCC(=O)N(C)C. The van der Waals surface area contributed by atoms with Crippen molar-refractivity contribution in [2.75, 3.05) is 40.4 Å². The third-order valence-electron chi connectivity index (χ3n) is 1.85. The fourth-order valence-electron chi connectivity index (χ4n) is 0.972. The summed E-state index contributed by atoms with van der Waals surface area (Å²) in [6.45, 7) is 5.32. The summed E-state index contributed by atoms with van der Waals surface area (Å²) in [6.07, 6.45) is 1.39. The van der Waals surface area contributed by atoms with Crippen LogP contribution < -0.4 is 5.32 Å². The highest BCUT2D eigenvalue weighted by Crippen LogP contribution is 1.93. The summed E-state index contributed by atoms with van der Waals surface area (Å²) in [4.78, 5) is 12.7. The highest BCUT2D eigenvalue weighted by Gasteiger charge is 2.02. The second-order valence-corrected chi connectivity index (χ2v) is 3.36. The second-order valence-electron chi connectivity index (χ2n) is 3.36. The Kier molecular flexibility index (Phi) is 8.57. The third-order valence-corrected chi connectivity index (χ3v) is 1.85. The van der Waals surface area contributed by atoms with Gasteiger partial charge in [-0.2, -0.15) is 0 Å². The average Bonchev–Trinajstić information content (AvgIpc) is 2.16. The summed E-state index contributed by atoms with van der Waals surface area (Å²) in [5.41, 5.74) is 0. The molecule has 0 heterocycles. The van der Waals surface area contributed by atoms with E-state index in [2.05, 4.69) is 12.2 Å². The molecule has 0 unspecified atom stereocenters. The van der Waals surface area contributed by atoms with Crippen molar-refractivity contribution in [3.63, 3.8) is 0 Å². The standard InChI is InChI=1S/C10H22N2O2/c1-4-11-7-9-14-8-5-6-10(13)12(2)3/h11H,4-9H2,1-3H3. The van der Waals surface area contributed by atoms with E-state index in [1.54, 1.807) is 19.0 Å². The van der Waals surface area contributed by atoms with Crippen molar-refractivity contribution < 1.29 is 9.53 Å². The van der Waals surface area contributed by atoms with Crippen LogP contribution >= 0.6 is 0 Å². The number of nitrogens with zero attached hydrogens (tertiary/aromatic N) is 1. The minimum Gasteiger partial charge on any atom is -0.380 e. The van der Waals surface area contributed by atoms with E-state index in [0.29, 0.717) is 13.0 Å². The predicted molar refractivity (Wildman–Crippen MR) is 57.3 cm³/mol. The Morgan fingerprint density at radius 2 is 2.07 bits per heavy atom. The van der Waals surface area contributed by atoms with Crippen molar-refractivity contribution in [1.29, 1.82) is 0 Å². The summed E-state index contributed by atoms with van der Waals surface area (Å²) >= 11 is 0. The van der Waals surface area contributed by atoms with E-state index in [4.69, 9.17) is 4.74 Å². The van der Waals surface area contributed by atoms with E-state index in [-0.39, 0.29) is 5.91 Å². The fourth-order valence-corrected chi connectivity index (χ4v) is 0.972. The molecule has 0 bridgehead atoms. The van der Waals surface area contributed by atoms with Crippen molar-refractivity contribution in [2.24, 2.45) is 0 Å². The van der Waals surface area contributed by atoms with Crippen molar-refractivity contribution in [3.8, 4) is 0 Å². The summed E-state index contributed by atoms with van der Waals surface area (Å²) in [7, 11) is 3.54. The van der Waals surface area contributed by atoms with Gasteiger partial charge in [-0.05, 0) is 13.0 Å². The molecule has 0 aliphatic rings. The largest absolute Gasteiger partial charge is 0.380 e. The molecule has 84 valence electrons. The van der Waals surface area contributed by atoms with Crippen LogP contribution in [0, 0.1) is 0 Å². The predicted octanol–water partition coefficient (Wildman–Crippen LogP) is 0.481. The van der Waals surface area contributed by atoms with Gasteiger partial charge in [0.05, 0.1) is 6.61 Å². The molecule has 1 N–H and O–H groups in total. The zero-order valence-corrected chi connectivity index (χ0v) is 9.51. The Morgan fingerprint density at radius 3 is 2.64 bits per heavy atom. The van der Waals surface area contributed by atoms with Gasteiger partial charge in [-0.3, -0.25) is 4.79 Å². The van der Waals surface area contributed by atoms with Gasteiger partial charge in [-0.1, -0.05) is 6.92 Å². The van der Waals surface area contributed by atoms with E-state index >= 15 is 0 Å². The zero-order valence-electron chi connectivity index (χ0n) is 9.51. The molecule has 0 aliphatic heterocycles. The molecule has 0 rings (SSSR count). The van der Waals surface area contributed by atoms with Gasteiger partial charge in [0, 0.05) is 33.7 Å². The first-order valence-corrected chi connectivity index (χ1v) is 5.17. The molecule has 1 amide bonds. The van der Waals surface area contributed by atoms with Crippen LogP contribution in [0.15, 0.2) is 0 Å². The third kappa shape index (κ3) is 8.01. The average molecular weight is 202 g/mol. The molecule has 0 aromatic heterocycles. The molecule has 0 atom stereocenters. The number of ether oxygens (including phenoxy) is 1. The molecule has 0 radical (unpaired) electrons. The van der Waals surface area contributed by atoms with Crippen LogP contribution in [0.3, 0.4) is 0 Å². The minimum absolute atomic E-state index is 0.167. The Hall–Kier alpha value is -0.610. The number of hydrogen-bond acceptors (Lipinski definition) is 3. The summed E-state index contributed by atoms with van der Waals surface area (Å²) in [5.74, 6) is 0.167. The van der Waals surface area contributed by atoms with Gasteiger partial charge in [0.1, 0.15) is 0 Å². The monoisotopic (exact) mass is 202 g/mol. The van der Waals surface area contributed by atoms with Gasteiger partial charge in [0.2, 0.25) is 5.91 Å². The van der Waals surface area contributed by atoms with Gasteiger partial charge in [-0.15, -0.1) is 0 Å². The maximum Gasteiger partial charge on any atom is 0.222 e. The van der Waals surface area contributed by atoms with Gasteiger partial charge < -0.3 is 15.0 Å². The number of likely N-dealkylation sites (N-methyl/N-ethyl adjacent to an activating group) is 1. The minimum atomic E-state index is 0.167. The van der Waals surface area contributed by atoms with Crippen molar-refractivity contribution in [2.45, 2.75) is 19.8 Å². The number of amides is 1. The molecule has 4 nitrogen and oxygen atoms in total. The van der Waals surface area contributed by atoms with Gasteiger partial charge >= 0.3 is 0 Å². The van der Waals surface area contributed by atoms with E-state index < -0.39 is 0 Å². The number of nitrogens with one attached hydrogen (secondary N) is 1. The topological polar surface area (TPSA) is 41.6 Å². The van der Waals surface area contributed by atoms with E-state index in [1.165, 1.54) is 0 Å². The van der Waals surface area contributed by atoms with Crippen LogP contribution in [0.1, 0.15) is 19.8 Å². The number of hydrogen-bond donors (Lipinski definition) is 1. The Morgan fingerprint density at radius 1 is 1.36 bits per heavy atom. The lowest BCUT2D eigenvalue weighted by Gasteiger charge is -2.09. The molecule has 0 spiro atoms. The van der Waals surface area contributed by atoms with Crippen LogP contribution in [0.25, 0.3) is 0 Å². The fraction of sp³-hybridized carbons (Fsp3) is 0.900. The number of carbonyl (C=O) groups excluding carboxylic acids is 1. The van der Waals surface area contributed by atoms with Gasteiger partial charge in [0.25, 0.3) is 0 Å². The van der Waals surface area contributed by atoms with Gasteiger partial charge in [-0.25, -0.2) is 0 Å². The molecule has 0 fully saturated rings. The summed E-state index contributed by atoms with van der Waals surface area (Å²) < 4.78 is 5.33. The second kappa shape index (κ2) is 8.97. The number of carbonyl (C=O) groups is 1. The van der Waals surface area contributed by atoms with E-state index in [9.17, 15) is 4.79 Å². The van der Waals surface area contributed by atoms with Crippen molar-refractivity contribution in [3.05, 3.63) is 0 Å². The van der Waals surface area contributed by atoms with E-state index in [0.717, 1.165) is 26.1 Å². The molecular formula is C10H22N2O2. The zero-order chi connectivity index (χ0) is 10.8. The molecule has 0 aromatic carbocycles. The Balaban J connectivity index is 3.10. The summed E-state index contributed by atoms with van der Waals surface area (Å²) in [6, 6.07) is 0. The Bertz CT molecular complexity index is 149. The first-order valence-electron chi connectivity index (χ1n) is 5.17. The lowest BCUT2D eigenvalue weighted by atomic mass is 10.3.